The van der Waals surface area contributed by atoms with Crippen molar-refractivity contribution < 1.29 is 4.74 Å². The minimum atomic E-state index is 0.0754. The molecule has 0 spiro atoms. The predicted octanol–water partition coefficient (Wildman–Crippen LogP) is 4.32. The Morgan fingerprint density at radius 1 is 1.05 bits per heavy atom. The van der Waals surface area contributed by atoms with Crippen LogP contribution in [-0.4, -0.2) is 19.0 Å². The van der Waals surface area contributed by atoms with Crippen LogP contribution in [0.3, 0.4) is 0 Å². The van der Waals surface area contributed by atoms with Gasteiger partial charge in [0, 0.05) is 6.04 Å². The number of nitrogens with zero attached hydrogens (tertiary/aromatic N) is 1. The lowest BCUT2D eigenvalue weighted by Gasteiger charge is -2.27. The molecule has 2 nitrogen and oxygen atoms in total. The molecule has 3 rings (SSSR count). The number of fused-ring (bicyclic) bond motifs is 1. The molecule has 1 heterocycles. The zero-order chi connectivity index (χ0) is 14.8. The fourth-order valence-electron chi connectivity index (χ4n) is 3.36. The van der Waals surface area contributed by atoms with Crippen molar-refractivity contribution in [3.8, 4) is 0 Å². The maximum atomic E-state index is 6.11. The lowest BCUT2D eigenvalue weighted by Crippen LogP contribution is -2.21. The molecule has 2 aromatic rings. The number of rotatable bonds is 4. The summed E-state index contributed by atoms with van der Waals surface area (Å²) in [6, 6.07) is 17.7. The van der Waals surface area contributed by atoms with Crippen LogP contribution < -0.4 is 0 Å². The molecular weight excluding hydrogens is 258 g/mol. The molecule has 2 heteroatoms. The van der Waals surface area contributed by atoms with Gasteiger partial charge in [0.2, 0.25) is 0 Å². The molecule has 1 aliphatic heterocycles. The molecule has 0 fully saturated rings. The number of ether oxygens (including phenoxy) is 1. The van der Waals surface area contributed by atoms with Gasteiger partial charge in [-0.05, 0) is 42.8 Å². The average molecular weight is 281 g/mol. The largest absolute Gasteiger partial charge is 0.364 e. The van der Waals surface area contributed by atoms with Crippen LogP contribution in [-0.2, 0) is 11.3 Å². The van der Waals surface area contributed by atoms with Gasteiger partial charge in [0.25, 0.3) is 0 Å². The van der Waals surface area contributed by atoms with Gasteiger partial charge in [-0.1, -0.05) is 55.5 Å². The first kappa shape index (κ1) is 14.3. The summed E-state index contributed by atoms with van der Waals surface area (Å²) < 4.78 is 6.11. The van der Waals surface area contributed by atoms with E-state index in [1.807, 2.05) is 0 Å². The van der Waals surface area contributed by atoms with Crippen molar-refractivity contribution in [3.05, 3.63) is 70.8 Å². The molecule has 0 aliphatic carbocycles. The second-order valence-corrected chi connectivity index (χ2v) is 5.91. The third-order valence-corrected chi connectivity index (χ3v) is 4.39. The first-order valence-corrected chi connectivity index (χ1v) is 7.67. The molecule has 0 amide bonds. The van der Waals surface area contributed by atoms with Gasteiger partial charge in [0.15, 0.2) is 0 Å². The Balaban J connectivity index is 2.04. The lowest BCUT2D eigenvalue weighted by atomic mass is 9.91. The third-order valence-electron chi connectivity index (χ3n) is 4.39. The van der Waals surface area contributed by atoms with E-state index in [9.17, 15) is 0 Å². The van der Waals surface area contributed by atoms with E-state index in [4.69, 9.17) is 4.74 Å². The van der Waals surface area contributed by atoms with Crippen LogP contribution in [0.4, 0.5) is 0 Å². The summed E-state index contributed by atoms with van der Waals surface area (Å²) >= 11 is 0. The zero-order valence-corrected chi connectivity index (χ0v) is 13.0. The van der Waals surface area contributed by atoms with Crippen molar-refractivity contribution in [1.82, 2.24) is 4.90 Å². The standard InChI is InChI=1S/C19H23NO/c1-4-18(20(2)3)16-11-7-8-12-17(16)19-15-10-6-5-9-14(15)13-21-19/h5-12,18-19H,4,13H2,1-3H3. The zero-order valence-electron chi connectivity index (χ0n) is 13.0. The van der Waals surface area contributed by atoms with Crippen molar-refractivity contribution in [2.75, 3.05) is 14.1 Å². The summed E-state index contributed by atoms with van der Waals surface area (Å²) in [6.45, 7) is 2.96. The highest BCUT2D eigenvalue weighted by atomic mass is 16.5. The minimum absolute atomic E-state index is 0.0754. The van der Waals surface area contributed by atoms with Gasteiger partial charge in [-0.2, -0.15) is 0 Å². The molecule has 21 heavy (non-hydrogen) atoms. The van der Waals surface area contributed by atoms with Crippen LogP contribution in [0.15, 0.2) is 48.5 Å². The van der Waals surface area contributed by atoms with Crippen LogP contribution in [0, 0.1) is 0 Å². The molecule has 0 saturated heterocycles. The van der Waals surface area contributed by atoms with E-state index in [-0.39, 0.29) is 6.10 Å². The number of benzene rings is 2. The molecule has 0 radical (unpaired) electrons. The van der Waals surface area contributed by atoms with Crippen molar-refractivity contribution in [2.45, 2.75) is 32.1 Å². The van der Waals surface area contributed by atoms with Crippen molar-refractivity contribution in [3.63, 3.8) is 0 Å². The lowest BCUT2D eigenvalue weighted by molar-refractivity contribution is 0.0921. The fraction of sp³-hybridized carbons (Fsp3) is 0.368. The Hall–Kier alpha value is -1.64. The second-order valence-electron chi connectivity index (χ2n) is 5.91. The molecular formula is C19H23NO. The maximum absolute atomic E-state index is 6.11. The molecule has 0 N–H and O–H groups in total. The minimum Gasteiger partial charge on any atom is -0.364 e. The van der Waals surface area contributed by atoms with Crippen LogP contribution in [0.2, 0.25) is 0 Å². The van der Waals surface area contributed by atoms with Gasteiger partial charge in [-0.15, -0.1) is 0 Å². The van der Waals surface area contributed by atoms with Gasteiger partial charge in [-0.25, -0.2) is 0 Å². The van der Waals surface area contributed by atoms with Crippen LogP contribution in [0.25, 0.3) is 0 Å². The van der Waals surface area contributed by atoms with E-state index in [0.717, 1.165) is 6.42 Å². The molecule has 0 aromatic heterocycles. The summed E-state index contributed by atoms with van der Waals surface area (Å²) in [5.74, 6) is 0. The molecule has 2 atom stereocenters. The van der Waals surface area contributed by atoms with Crippen LogP contribution in [0.1, 0.15) is 47.7 Å². The number of hydrogen-bond donors (Lipinski definition) is 0. The monoisotopic (exact) mass is 281 g/mol. The van der Waals surface area contributed by atoms with Crippen molar-refractivity contribution in [1.29, 1.82) is 0 Å². The summed E-state index contributed by atoms with van der Waals surface area (Å²) in [5, 5.41) is 0. The van der Waals surface area contributed by atoms with E-state index < -0.39 is 0 Å². The first-order chi connectivity index (χ1) is 10.2. The molecule has 0 bridgehead atoms. The second kappa shape index (κ2) is 6.00. The molecule has 0 saturated carbocycles. The van der Waals surface area contributed by atoms with E-state index in [1.54, 1.807) is 0 Å². The molecule has 1 aliphatic rings. The average Bonchev–Trinajstić information content (AvgIpc) is 2.92. The maximum Gasteiger partial charge on any atom is 0.109 e. The van der Waals surface area contributed by atoms with E-state index in [0.29, 0.717) is 12.6 Å². The van der Waals surface area contributed by atoms with Gasteiger partial charge in [-0.3, -0.25) is 0 Å². The van der Waals surface area contributed by atoms with Crippen molar-refractivity contribution >= 4 is 0 Å². The summed E-state index contributed by atoms with van der Waals surface area (Å²) in [4.78, 5) is 2.29. The summed E-state index contributed by atoms with van der Waals surface area (Å²) in [6.07, 6.45) is 1.17. The highest BCUT2D eigenvalue weighted by Gasteiger charge is 2.28. The van der Waals surface area contributed by atoms with Gasteiger partial charge < -0.3 is 9.64 Å². The van der Waals surface area contributed by atoms with E-state index >= 15 is 0 Å². The predicted molar refractivity (Wildman–Crippen MR) is 86.2 cm³/mol. The Kier molecular flexibility index (Phi) is 4.09. The summed E-state index contributed by atoms with van der Waals surface area (Å²) in [7, 11) is 4.29. The molecule has 110 valence electrons. The normalized spacial score (nSPS) is 18.8. The Bertz CT molecular complexity index is 620. The Morgan fingerprint density at radius 2 is 1.71 bits per heavy atom. The van der Waals surface area contributed by atoms with Gasteiger partial charge in [0.05, 0.1) is 6.61 Å². The van der Waals surface area contributed by atoms with Crippen LogP contribution >= 0.6 is 0 Å². The van der Waals surface area contributed by atoms with E-state index in [1.165, 1.54) is 22.3 Å². The molecule has 2 aromatic carbocycles. The fourth-order valence-corrected chi connectivity index (χ4v) is 3.36. The van der Waals surface area contributed by atoms with Crippen molar-refractivity contribution in [2.24, 2.45) is 0 Å². The topological polar surface area (TPSA) is 12.5 Å². The van der Waals surface area contributed by atoms with Gasteiger partial charge >= 0.3 is 0 Å². The highest BCUT2D eigenvalue weighted by Crippen LogP contribution is 2.39. The quantitative estimate of drug-likeness (QED) is 0.827. The number of hydrogen-bond acceptors (Lipinski definition) is 2. The Morgan fingerprint density at radius 3 is 2.43 bits per heavy atom. The summed E-state index contributed by atoms with van der Waals surface area (Å²) in [5.41, 5.74) is 5.32. The van der Waals surface area contributed by atoms with E-state index in [2.05, 4.69) is 74.4 Å². The third kappa shape index (κ3) is 2.61. The Labute approximate surface area is 127 Å². The first-order valence-electron chi connectivity index (χ1n) is 7.67. The smallest absolute Gasteiger partial charge is 0.109 e. The highest BCUT2D eigenvalue weighted by molar-refractivity contribution is 5.42. The SMILES string of the molecule is CCC(c1ccccc1C1OCc2ccccc21)N(C)C. The van der Waals surface area contributed by atoms with Gasteiger partial charge in [0.1, 0.15) is 6.10 Å². The molecule has 2 unspecified atom stereocenters. The van der Waals surface area contributed by atoms with Crippen LogP contribution in [0.5, 0.6) is 0 Å².